The van der Waals surface area contributed by atoms with Gasteiger partial charge in [-0.3, -0.25) is 15.0 Å². The molecule has 0 aromatic rings. The van der Waals surface area contributed by atoms with Crippen molar-refractivity contribution in [3.05, 3.63) is 24.3 Å². The molecule has 1 heterocycles. The summed E-state index contributed by atoms with van der Waals surface area (Å²) in [6.45, 7) is 1.26. The number of fused-ring (bicyclic) bond motifs is 1. The zero-order valence-electron chi connectivity index (χ0n) is 10.7. The Balaban J connectivity index is 0.000000180. The molecule has 19 heavy (non-hydrogen) atoms. The molecule has 0 spiro atoms. The number of methoxy groups -OCH3 is 1. The molecular weight excluding hydrogens is 248 g/mol. The normalized spacial score (nSPS) is 17.7. The summed E-state index contributed by atoms with van der Waals surface area (Å²) in [5.41, 5.74) is 5.09. The van der Waals surface area contributed by atoms with Crippen LogP contribution in [0.2, 0.25) is 0 Å². The Morgan fingerprint density at radius 1 is 1.37 bits per heavy atom. The third kappa shape index (κ3) is 2.90. The Morgan fingerprint density at radius 2 is 2.00 bits per heavy atom. The second-order valence-corrected chi connectivity index (χ2v) is 4.26. The van der Waals surface area contributed by atoms with E-state index in [1.165, 1.54) is 25.2 Å². The summed E-state index contributed by atoms with van der Waals surface area (Å²) >= 11 is 0. The van der Waals surface area contributed by atoms with Crippen molar-refractivity contribution in [2.24, 2.45) is 0 Å². The summed E-state index contributed by atoms with van der Waals surface area (Å²) in [5, 5.41) is 0.980. The van der Waals surface area contributed by atoms with E-state index in [4.69, 9.17) is 0 Å². The number of carbonyl (C=O) groups excluding carboxylic acids is 3. The van der Waals surface area contributed by atoms with Crippen molar-refractivity contribution < 1.29 is 19.1 Å². The number of nitrogens with one attached hydrogen (secondary N) is 1. The van der Waals surface area contributed by atoms with E-state index in [1.54, 1.807) is 0 Å². The van der Waals surface area contributed by atoms with Gasteiger partial charge >= 0.3 is 5.97 Å². The van der Waals surface area contributed by atoms with Gasteiger partial charge in [-0.1, -0.05) is 18.2 Å². The quantitative estimate of drug-likeness (QED) is 0.631. The monoisotopic (exact) mass is 262 g/mol. The van der Waals surface area contributed by atoms with Gasteiger partial charge in [-0.25, -0.2) is 9.80 Å². The van der Waals surface area contributed by atoms with Crippen LogP contribution in [0.25, 0.3) is 11.1 Å². The van der Waals surface area contributed by atoms with Crippen molar-refractivity contribution in [1.82, 2.24) is 10.4 Å². The number of nitrogens with zero attached hydrogens (tertiary/aromatic N) is 1. The van der Waals surface area contributed by atoms with Crippen LogP contribution in [0.5, 0.6) is 0 Å². The number of hydrogen-bond donors (Lipinski definition) is 1. The Bertz CT molecular complexity index is 524. The third-order valence-electron chi connectivity index (χ3n) is 2.81. The predicted octanol–water partition coefficient (Wildman–Crippen LogP) is 0.478. The van der Waals surface area contributed by atoms with Gasteiger partial charge in [0.25, 0.3) is 0 Å². The van der Waals surface area contributed by atoms with Crippen LogP contribution in [-0.2, 0) is 19.1 Å². The summed E-state index contributed by atoms with van der Waals surface area (Å²) in [7, 11) is 1.23. The van der Waals surface area contributed by atoms with Crippen LogP contribution in [0.15, 0.2) is 24.3 Å². The fourth-order valence-corrected chi connectivity index (χ4v) is 1.73. The molecule has 3 aliphatic rings. The van der Waals surface area contributed by atoms with Crippen molar-refractivity contribution in [3.8, 4) is 11.1 Å². The largest absolute Gasteiger partial charge is 0.467 e. The highest BCUT2D eigenvalue weighted by Gasteiger charge is 2.43. The first-order valence-electron chi connectivity index (χ1n) is 5.80. The number of hydrazine groups is 1. The molecule has 1 unspecified atom stereocenters. The molecule has 0 aromatic carbocycles. The molecule has 100 valence electrons. The first-order valence-corrected chi connectivity index (χ1v) is 5.80. The highest BCUT2D eigenvalue weighted by atomic mass is 16.5. The minimum atomic E-state index is -0.665. The van der Waals surface area contributed by atoms with Crippen LogP contribution < -0.4 is 5.43 Å². The summed E-state index contributed by atoms with van der Waals surface area (Å²) in [6, 6.07) is 7.82. The fourth-order valence-electron chi connectivity index (χ4n) is 1.73. The highest BCUT2D eigenvalue weighted by Crippen LogP contribution is 2.32. The van der Waals surface area contributed by atoms with Crippen LogP contribution >= 0.6 is 0 Å². The van der Waals surface area contributed by atoms with E-state index in [1.807, 2.05) is 0 Å². The average Bonchev–Trinajstić information content (AvgIpc) is 2.99. The molecule has 1 saturated heterocycles. The number of rotatable bonds is 2. The lowest BCUT2D eigenvalue weighted by Crippen LogP contribution is -2.63. The van der Waals surface area contributed by atoms with Crippen LogP contribution in [0.4, 0.5) is 0 Å². The minimum Gasteiger partial charge on any atom is -0.467 e. The maximum Gasteiger partial charge on any atom is 0.331 e. The zero-order valence-corrected chi connectivity index (χ0v) is 10.7. The third-order valence-corrected chi connectivity index (χ3v) is 2.81. The molecule has 6 heteroatoms. The summed E-state index contributed by atoms with van der Waals surface area (Å²) in [6.07, 6.45) is 0.0902. The maximum absolute atomic E-state index is 11.0. The van der Waals surface area contributed by atoms with E-state index in [-0.39, 0.29) is 18.2 Å². The Kier molecular flexibility index (Phi) is 3.50. The van der Waals surface area contributed by atoms with Crippen molar-refractivity contribution in [2.45, 2.75) is 19.4 Å². The van der Waals surface area contributed by atoms with Crippen molar-refractivity contribution in [2.75, 3.05) is 7.11 Å². The smallest absolute Gasteiger partial charge is 0.331 e. The molecule has 2 amide bonds. The van der Waals surface area contributed by atoms with Crippen molar-refractivity contribution in [3.63, 3.8) is 0 Å². The molecule has 1 atom stereocenters. The lowest BCUT2D eigenvalue weighted by molar-refractivity contribution is -0.170. The van der Waals surface area contributed by atoms with Gasteiger partial charge in [0.15, 0.2) is 6.04 Å². The van der Waals surface area contributed by atoms with Crippen LogP contribution in [0.3, 0.4) is 0 Å². The van der Waals surface area contributed by atoms with Crippen LogP contribution in [0.1, 0.15) is 13.3 Å². The maximum atomic E-state index is 11.0. The van der Waals surface area contributed by atoms with E-state index in [9.17, 15) is 14.4 Å². The van der Waals surface area contributed by atoms with Gasteiger partial charge in [0, 0.05) is 6.92 Å². The van der Waals surface area contributed by atoms with Crippen LogP contribution in [0, 0.1) is 0 Å². The van der Waals surface area contributed by atoms with E-state index >= 15 is 0 Å². The molecule has 0 saturated carbocycles. The number of hydrogen-bond acceptors (Lipinski definition) is 4. The second-order valence-electron chi connectivity index (χ2n) is 4.26. The molecule has 1 fully saturated rings. The van der Waals surface area contributed by atoms with Gasteiger partial charge in [-0.2, -0.15) is 0 Å². The second kappa shape index (κ2) is 5.09. The molecule has 1 N–H and O–H groups in total. The van der Waals surface area contributed by atoms with E-state index < -0.39 is 12.0 Å². The van der Waals surface area contributed by atoms with Crippen molar-refractivity contribution in [1.29, 1.82) is 0 Å². The predicted molar refractivity (Wildman–Crippen MR) is 66.5 cm³/mol. The summed E-state index contributed by atoms with van der Waals surface area (Å²) < 4.78 is 4.43. The van der Waals surface area contributed by atoms with Crippen LogP contribution in [-0.4, -0.2) is 35.9 Å². The molecule has 3 rings (SSSR count). The Morgan fingerprint density at radius 3 is 2.32 bits per heavy atom. The van der Waals surface area contributed by atoms with Gasteiger partial charge in [-0.05, 0) is 17.2 Å². The van der Waals surface area contributed by atoms with E-state index in [0.29, 0.717) is 0 Å². The number of esters is 1. The first-order chi connectivity index (χ1) is 9.02. The van der Waals surface area contributed by atoms with Gasteiger partial charge in [0.1, 0.15) is 0 Å². The summed E-state index contributed by atoms with van der Waals surface area (Å²) in [4.78, 5) is 32.5. The van der Waals surface area contributed by atoms with Gasteiger partial charge in [0.05, 0.1) is 13.5 Å². The van der Waals surface area contributed by atoms with E-state index in [2.05, 4.69) is 34.4 Å². The minimum absolute atomic E-state index is 0.0902. The summed E-state index contributed by atoms with van der Waals surface area (Å²) in [5.74, 6) is -1.19. The first kappa shape index (κ1) is 13.1. The molecule has 6 nitrogen and oxygen atoms in total. The van der Waals surface area contributed by atoms with Crippen molar-refractivity contribution >= 4 is 17.8 Å². The number of amides is 2. The number of benzene rings is 1. The Labute approximate surface area is 110 Å². The zero-order chi connectivity index (χ0) is 14.0. The van der Waals surface area contributed by atoms with Gasteiger partial charge < -0.3 is 4.74 Å². The standard InChI is InChI=1S/C7H10N2O4.C6H4/c1-4(10)8-9-5(3-6(9)11)7(12)13-2;1-2-5-4-6(5)3-1/h5H,3H2,1-2H3,(H,8,10);1-4H. The number of carbonyl (C=O) groups is 3. The molecule has 0 bridgehead atoms. The van der Waals surface area contributed by atoms with Gasteiger partial charge in [0.2, 0.25) is 11.8 Å². The SMILES string of the molecule is COC(=O)C1CC(=O)N1NC(C)=O.c1cc2cc-2c1. The molecule has 0 aromatic heterocycles. The Hall–Kier alpha value is -2.37. The molecular formula is C13H14N2O4. The number of ether oxygens (including phenoxy) is 1. The molecule has 0 radical (unpaired) electrons. The van der Waals surface area contributed by atoms with Gasteiger partial charge in [-0.15, -0.1) is 0 Å². The fraction of sp³-hybridized carbons (Fsp3) is 0.308. The molecule has 2 aliphatic carbocycles. The van der Waals surface area contributed by atoms with E-state index in [0.717, 1.165) is 5.01 Å². The molecule has 1 aliphatic heterocycles. The lowest BCUT2D eigenvalue weighted by Gasteiger charge is -2.37. The number of β-lactam (4-membered cyclic amide) rings is 1. The lowest BCUT2D eigenvalue weighted by atomic mass is 10.1. The average molecular weight is 262 g/mol. The topological polar surface area (TPSA) is 75.7 Å². The highest BCUT2D eigenvalue weighted by molar-refractivity contribution is 5.96.